The third-order valence-electron chi connectivity index (χ3n) is 5.87. The highest BCUT2D eigenvalue weighted by atomic mass is 16.4. The van der Waals surface area contributed by atoms with E-state index in [-0.39, 0.29) is 24.2 Å². The molecule has 2 rings (SSSR count). The van der Waals surface area contributed by atoms with E-state index >= 15 is 0 Å². The van der Waals surface area contributed by atoms with Crippen LogP contribution >= 0.6 is 0 Å². The lowest BCUT2D eigenvalue weighted by Crippen LogP contribution is -2.56. The molecule has 0 saturated carbocycles. The average molecular weight is 505 g/mol. The van der Waals surface area contributed by atoms with Crippen LogP contribution in [0.1, 0.15) is 31.7 Å². The number of likely N-dealkylation sites (tertiary alicyclic amines) is 1. The molecule has 1 aliphatic rings. The second-order valence-electron chi connectivity index (χ2n) is 8.63. The number of guanidine groups is 1. The molecule has 8 N–H and O–H groups in total. The average Bonchev–Trinajstić information content (AvgIpc) is 2.83. The normalized spacial score (nSPS) is 16.2. The first-order chi connectivity index (χ1) is 17.0. The molecule has 1 heterocycles. The van der Waals surface area contributed by atoms with Crippen molar-refractivity contribution in [3.8, 4) is 0 Å². The third-order valence-corrected chi connectivity index (χ3v) is 5.87. The first-order valence-electron chi connectivity index (χ1n) is 11.5. The predicted octanol–water partition coefficient (Wildman–Crippen LogP) is -1.13. The number of rotatable bonds is 11. The van der Waals surface area contributed by atoms with Gasteiger partial charge in [-0.25, -0.2) is 4.79 Å². The topological polar surface area (TPSA) is 215 Å². The van der Waals surface area contributed by atoms with Crippen molar-refractivity contribution in [1.29, 1.82) is 5.41 Å². The number of benzene rings is 1. The number of carbonyl (C=O) groups is 5. The van der Waals surface area contributed by atoms with Gasteiger partial charge in [-0.1, -0.05) is 30.3 Å². The van der Waals surface area contributed by atoms with E-state index in [2.05, 4.69) is 16.0 Å². The molecule has 1 aromatic rings. The van der Waals surface area contributed by atoms with Gasteiger partial charge in [0.15, 0.2) is 5.96 Å². The Morgan fingerprint density at radius 1 is 1.00 bits per heavy atom. The number of piperidine rings is 1. The van der Waals surface area contributed by atoms with Crippen LogP contribution in [-0.2, 0) is 30.4 Å². The Hall–Kier alpha value is -4.16. The molecule has 1 fully saturated rings. The fraction of sp³-hybridized carbons (Fsp3) is 0.478. The summed E-state index contributed by atoms with van der Waals surface area (Å²) < 4.78 is 0. The van der Waals surface area contributed by atoms with Crippen molar-refractivity contribution >= 4 is 35.6 Å². The van der Waals surface area contributed by atoms with Gasteiger partial charge < -0.3 is 36.8 Å². The van der Waals surface area contributed by atoms with Crippen molar-refractivity contribution < 1.29 is 34.2 Å². The number of aliphatic carboxylic acids is 2. The molecule has 1 aliphatic heterocycles. The van der Waals surface area contributed by atoms with Gasteiger partial charge in [0.25, 0.3) is 0 Å². The summed E-state index contributed by atoms with van der Waals surface area (Å²) in [4.78, 5) is 62.5. The highest BCUT2D eigenvalue weighted by Gasteiger charge is 2.31. The maximum atomic E-state index is 12.7. The molecule has 0 radical (unpaired) electrons. The quantitative estimate of drug-likeness (QED) is 0.143. The van der Waals surface area contributed by atoms with Crippen LogP contribution in [0.25, 0.3) is 0 Å². The number of carboxylic acids is 2. The molecule has 1 aromatic carbocycles. The minimum absolute atomic E-state index is 0.0371. The van der Waals surface area contributed by atoms with E-state index in [1.54, 1.807) is 35.2 Å². The molecular formula is C23H32N6O7. The lowest BCUT2D eigenvalue weighted by Gasteiger charge is -2.32. The largest absolute Gasteiger partial charge is 0.481 e. The van der Waals surface area contributed by atoms with Crippen molar-refractivity contribution in [1.82, 2.24) is 20.9 Å². The van der Waals surface area contributed by atoms with Crippen LogP contribution in [0, 0.1) is 11.3 Å². The molecule has 36 heavy (non-hydrogen) atoms. The third kappa shape index (κ3) is 8.56. The molecule has 13 heteroatoms. The van der Waals surface area contributed by atoms with Crippen LogP contribution in [0.4, 0.5) is 0 Å². The number of carbonyl (C=O) groups excluding carboxylic acids is 3. The Kier molecular flexibility index (Phi) is 10.2. The lowest BCUT2D eigenvalue weighted by atomic mass is 9.95. The summed E-state index contributed by atoms with van der Waals surface area (Å²) >= 11 is 0. The predicted molar refractivity (Wildman–Crippen MR) is 128 cm³/mol. The molecule has 0 aromatic heterocycles. The van der Waals surface area contributed by atoms with E-state index in [4.69, 9.17) is 11.1 Å². The first kappa shape index (κ1) is 28.1. The molecule has 196 valence electrons. The minimum Gasteiger partial charge on any atom is -0.481 e. The van der Waals surface area contributed by atoms with Crippen LogP contribution in [-0.4, -0.2) is 81.9 Å². The number of nitrogens with one attached hydrogen (secondary N) is 4. The van der Waals surface area contributed by atoms with Crippen molar-refractivity contribution in [2.75, 3.05) is 13.1 Å². The molecule has 0 bridgehead atoms. The number of hydrogen-bond acceptors (Lipinski definition) is 6. The van der Waals surface area contributed by atoms with Gasteiger partial charge in [-0.15, -0.1) is 0 Å². The summed E-state index contributed by atoms with van der Waals surface area (Å²) in [5, 5.41) is 33.3. The smallest absolute Gasteiger partial charge is 0.326 e. The number of carboxylic acid groups (broad SMARTS) is 2. The summed E-state index contributed by atoms with van der Waals surface area (Å²) in [6, 6.07) is 4.59. The monoisotopic (exact) mass is 504 g/mol. The summed E-state index contributed by atoms with van der Waals surface area (Å²) in [6.07, 6.45) is 0.0769. The molecular weight excluding hydrogens is 472 g/mol. The second-order valence-corrected chi connectivity index (χ2v) is 8.63. The van der Waals surface area contributed by atoms with Crippen LogP contribution in [0.2, 0.25) is 0 Å². The van der Waals surface area contributed by atoms with Gasteiger partial charge in [0, 0.05) is 25.4 Å². The molecule has 0 unspecified atom stereocenters. The summed E-state index contributed by atoms with van der Waals surface area (Å²) in [5.74, 6) is -5.29. The molecule has 3 amide bonds. The molecule has 3 atom stereocenters. The standard InChI is InChI=1S/C23H32N6O7/c1-13(26-20(33)15-7-9-29(10-8-15)23(24)25)19(32)27-16(12-18(30)31)21(34)28-17(22(35)36)11-14-5-3-2-4-6-14/h2-6,13,15-17H,7-12H2,1H3,(H3,24,25)(H,26,33)(H,27,32)(H,28,34)(H,30,31)(H,35,36)/t13-,16-,17-/m0/s1. The van der Waals surface area contributed by atoms with Gasteiger partial charge in [-0.2, -0.15) is 0 Å². The zero-order valence-electron chi connectivity index (χ0n) is 19.9. The van der Waals surface area contributed by atoms with Crippen molar-refractivity contribution in [3.05, 3.63) is 35.9 Å². The van der Waals surface area contributed by atoms with Crippen LogP contribution in [0.5, 0.6) is 0 Å². The highest BCUT2D eigenvalue weighted by Crippen LogP contribution is 2.17. The van der Waals surface area contributed by atoms with Crippen molar-refractivity contribution in [2.45, 2.75) is 50.7 Å². The van der Waals surface area contributed by atoms with E-state index in [9.17, 15) is 34.2 Å². The van der Waals surface area contributed by atoms with Gasteiger partial charge in [0.1, 0.15) is 18.1 Å². The first-order valence-corrected chi connectivity index (χ1v) is 11.5. The molecule has 0 spiro atoms. The van der Waals surface area contributed by atoms with Gasteiger partial charge in [-0.05, 0) is 25.3 Å². The number of nitrogens with zero attached hydrogens (tertiary/aromatic N) is 1. The van der Waals surface area contributed by atoms with Crippen LogP contribution in [0.3, 0.4) is 0 Å². The Labute approximate surface area is 207 Å². The van der Waals surface area contributed by atoms with E-state index in [0.29, 0.717) is 31.5 Å². The van der Waals surface area contributed by atoms with Crippen LogP contribution < -0.4 is 21.7 Å². The summed E-state index contributed by atoms with van der Waals surface area (Å²) in [6.45, 7) is 2.26. The van der Waals surface area contributed by atoms with Gasteiger partial charge in [0.2, 0.25) is 17.7 Å². The van der Waals surface area contributed by atoms with Crippen LogP contribution in [0.15, 0.2) is 30.3 Å². The zero-order valence-corrected chi connectivity index (χ0v) is 19.9. The van der Waals surface area contributed by atoms with E-state index < -0.39 is 48.3 Å². The summed E-state index contributed by atoms with van der Waals surface area (Å²) in [5.41, 5.74) is 6.10. The fourth-order valence-corrected chi connectivity index (χ4v) is 3.78. The maximum Gasteiger partial charge on any atom is 0.326 e. The zero-order chi connectivity index (χ0) is 26.8. The number of hydrogen-bond donors (Lipinski definition) is 7. The second kappa shape index (κ2) is 13.1. The highest BCUT2D eigenvalue weighted by molar-refractivity contribution is 5.95. The van der Waals surface area contributed by atoms with Gasteiger partial charge in [0.05, 0.1) is 6.42 Å². The molecule has 0 aliphatic carbocycles. The van der Waals surface area contributed by atoms with E-state index in [0.717, 1.165) is 0 Å². The summed E-state index contributed by atoms with van der Waals surface area (Å²) in [7, 11) is 0. The maximum absolute atomic E-state index is 12.7. The molecule has 1 saturated heterocycles. The van der Waals surface area contributed by atoms with Gasteiger partial charge in [-0.3, -0.25) is 24.6 Å². The molecule has 13 nitrogen and oxygen atoms in total. The Balaban J connectivity index is 1.97. The Morgan fingerprint density at radius 3 is 2.11 bits per heavy atom. The SMILES string of the molecule is C[C@H](NC(=O)C1CCN(C(=N)N)CC1)C(=O)N[C@@H](CC(=O)O)C(=O)N[C@@H](Cc1ccccc1)C(=O)O. The minimum atomic E-state index is -1.55. The lowest BCUT2D eigenvalue weighted by molar-refractivity contribution is -0.143. The van der Waals surface area contributed by atoms with E-state index in [1.807, 2.05) is 0 Å². The van der Waals surface area contributed by atoms with E-state index in [1.165, 1.54) is 6.92 Å². The number of nitrogens with two attached hydrogens (primary N) is 1. The fourth-order valence-electron chi connectivity index (χ4n) is 3.78. The number of amides is 3. The van der Waals surface area contributed by atoms with Crippen molar-refractivity contribution in [2.24, 2.45) is 11.7 Å². The Morgan fingerprint density at radius 2 is 1.58 bits per heavy atom. The van der Waals surface area contributed by atoms with Gasteiger partial charge >= 0.3 is 11.9 Å². The Bertz CT molecular complexity index is 978. The van der Waals surface area contributed by atoms with Crippen molar-refractivity contribution in [3.63, 3.8) is 0 Å².